The zero-order chi connectivity index (χ0) is 12.7. The summed E-state index contributed by atoms with van der Waals surface area (Å²) in [4.78, 5) is 25.0. The van der Waals surface area contributed by atoms with Crippen molar-refractivity contribution in [3.63, 3.8) is 0 Å². The minimum absolute atomic E-state index is 0.00111. The maximum absolute atomic E-state index is 11.8. The number of methoxy groups -OCH3 is 1. The van der Waals surface area contributed by atoms with Crippen molar-refractivity contribution >= 4 is 11.8 Å². The van der Waals surface area contributed by atoms with Gasteiger partial charge in [-0.1, -0.05) is 0 Å². The van der Waals surface area contributed by atoms with Gasteiger partial charge in [0.25, 0.3) is 0 Å². The highest BCUT2D eigenvalue weighted by Gasteiger charge is 2.24. The number of ether oxygens (including phenoxy) is 2. The Morgan fingerprint density at radius 1 is 1.38 bits per heavy atom. The number of carbonyl (C=O) groups is 2. The molecule has 0 aromatic heterocycles. The van der Waals surface area contributed by atoms with E-state index in [1.807, 2.05) is 0 Å². The lowest BCUT2D eigenvalue weighted by Gasteiger charge is -2.13. The summed E-state index contributed by atoms with van der Waals surface area (Å²) in [7, 11) is 4.87. The van der Waals surface area contributed by atoms with Gasteiger partial charge < -0.3 is 14.4 Å². The van der Waals surface area contributed by atoms with Crippen LogP contribution < -0.4 is 0 Å². The Kier molecular flexibility index (Phi) is 6.41. The molecule has 0 fully saturated rings. The molecule has 0 radical (unpaired) electrons. The fraction of sp³-hybridized carbons (Fsp3) is 0.636. The molecule has 1 atom stereocenters. The molecule has 16 heavy (non-hydrogen) atoms. The molecular weight excluding hydrogens is 210 g/mol. The van der Waals surface area contributed by atoms with Gasteiger partial charge in [0.2, 0.25) is 0 Å². The lowest BCUT2D eigenvalue weighted by molar-refractivity contribution is -0.141. The van der Waals surface area contributed by atoms with Gasteiger partial charge in [-0.15, -0.1) is 0 Å². The topological polar surface area (TPSA) is 55.8 Å². The number of hydrogen-bond donors (Lipinski definition) is 0. The molecule has 0 aromatic rings. The lowest BCUT2D eigenvalue weighted by Crippen LogP contribution is -2.27. The fourth-order valence-electron chi connectivity index (χ4n) is 1.01. The van der Waals surface area contributed by atoms with Crippen LogP contribution in [0.25, 0.3) is 0 Å². The van der Waals surface area contributed by atoms with E-state index in [1.54, 1.807) is 32.8 Å². The standard InChI is InChI=1S/C11H19NO4/c1-6-16-11(14)9(7-12(3)4)10(13)8(2)15-5/h7-8H,6H2,1-5H3/b9-7-/t8-/m0/s1. The van der Waals surface area contributed by atoms with Gasteiger partial charge in [0.1, 0.15) is 11.7 Å². The van der Waals surface area contributed by atoms with Crippen LogP contribution in [0.3, 0.4) is 0 Å². The van der Waals surface area contributed by atoms with E-state index in [-0.39, 0.29) is 18.0 Å². The van der Waals surface area contributed by atoms with Crippen molar-refractivity contribution in [2.45, 2.75) is 20.0 Å². The molecule has 0 spiro atoms. The maximum Gasteiger partial charge on any atom is 0.343 e. The number of Topliss-reactive ketones (excluding diaryl/α,β-unsaturated/α-hetero) is 1. The molecule has 5 nitrogen and oxygen atoms in total. The van der Waals surface area contributed by atoms with Gasteiger partial charge >= 0.3 is 5.97 Å². The second kappa shape index (κ2) is 7.00. The van der Waals surface area contributed by atoms with Gasteiger partial charge in [-0.05, 0) is 13.8 Å². The van der Waals surface area contributed by atoms with Crippen molar-refractivity contribution in [1.82, 2.24) is 4.90 Å². The van der Waals surface area contributed by atoms with Crippen LogP contribution >= 0.6 is 0 Å². The Labute approximate surface area is 96.0 Å². The summed E-state index contributed by atoms with van der Waals surface area (Å²) in [5.74, 6) is -1.00. The van der Waals surface area contributed by atoms with Gasteiger partial charge in [0, 0.05) is 27.4 Å². The summed E-state index contributed by atoms with van der Waals surface area (Å²) in [6, 6.07) is 0. The highest BCUT2D eigenvalue weighted by molar-refractivity contribution is 6.18. The first-order chi connectivity index (χ1) is 7.43. The van der Waals surface area contributed by atoms with Crippen LogP contribution in [-0.4, -0.2) is 50.6 Å². The van der Waals surface area contributed by atoms with Gasteiger partial charge in [0.05, 0.1) is 6.61 Å². The fourth-order valence-corrected chi connectivity index (χ4v) is 1.01. The largest absolute Gasteiger partial charge is 0.462 e. The van der Waals surface area contributed by atoms with E-state index in [9.17, 15) is 9.59 Å². The number of nitrogens with zero attached hydrogens (tertiary/aromatic N) is 1. The van der Waals surface area contributed by atoms with Crippen LogP contribution in [0.15, 0.2) is 11.8 Å². The maximum atomic E-state index is 11.8. The van der Waals surface area contributed by atoms with E-state index in [2.05, 4.69) is 0 Å². The molecule has 0 aliphatic rings. The summed E-state index contributed by atoms with van der Waals surface area (Å²) >= 11 is 0. The van der Waals surface area contributed by atoms with Crippen molar-refractivity contribution in [3.05, 3.63) is 11.8 Å². The number of rotatable bonds is 6. The molecule has 0 saturated heterocycles. The third-order valence-corrected chi connectivity index (χ3v) is 1.87. The van der Waals surface area contributed by atoms with Crippen LogP contribution in [0.5, 0.6) is 0 Å². The Hall–Kier alpha value is -1.36. The van der Waals surface area contributed by atoms with E-state index < -0.39 is 12.1 Å². The van der Waals surface area contributed by atoms with Gasteiger partial charge in [-0.25, -0.2) is 4.79 Å². The monoisotopic (exact) mass is 229 g/mol. The minimum atomic E-state index is -0.657. The molecule has 0 unspecified atom stereocenters. The second-order valence-corrected chi connectivity index (χ2v) is 3.47. The third-order valence-electron chi connectivity index (χ3n) is 1.87. The van der Waals surface area contributed by atoms with E-state index in [0.29, 0.717) is 0 Å². The van der Waals surface area contributed by atoms with Crippen LogP contribution in [0.1, 0.15) is 13.8 Å². The number of esters is 1. The van der Waals surface area contributed by atoms with E-state index in [4.69, 9.17) is 9.47 Å². The molecule has 0 amide bonds. The van der Waals surface area contributed by atoms with Crippen molar-refractivity contribution in [2.24, 2.45) is 0 Å². The van der Waals surface area contributed by atoms with Crippen molar-refractivity contribution in [2.75, 3.05) is 27.8 Å². The van der Waals surface area contributed by atoms with Crippen LogP contribution in [-0.2, 0) is 19.1 Å². The first kappa shape index (κ1) is 14.6. The Morgan fingerprint density at radius 3 is 2.31 bits per heavy atom. The van der Waals surface area contributed by atoms with Gasteiger partial charge in [-0.3, -0.25) is 4.79 Å². The Bertz CT molecular complexity index is 284. The Balaban J connectivity index is 4.95. The molecule has 5 heteroatoms. The molecular formula is C11H19NO4. The quantitative estimate of drug-likeness (QED) is 0.289. The molecule has 0 aromatic carbocycles. The highest BCUT2D eigenvalue weighted by Crippen LogP contribution is 2.06. The SMILES string of the molecule is CCOC(=O)/C(=C\N(C)C)C(=O)[C@H](C)OC. The molecule has 0 bridgehead atoms. The predicted octanol–water partition coefficient (Wildman–Crippen LogP) is 0.599. The molecule has 0 aliphatic carbocycles. The summed E-state index contributed by atoms with van der Waals surface area (Å²) < 4.78 is 9.70. The number of ketones is 1. The van der Waals surface area contributed by atoms with E-state index >= 15 is 0 Å². The molecule has 0 saturated carbocycles. The average molecular weight is 229 g/mol. The van der Waals surface area contributed by atoms with Gasteiger partial charge in [-0.2, -0.15) is 0 Å². The lowest BCUT2D eigenvalue weighted by atomic mass is 10.1. The average Bonchev–Trinajstić information content (AvgIpc) is 2.23. The smallest absolute Gasteiger partial charge is 0.343 e. The van der Waals surface area contributed by atoms with Crippen LogP contribution in [0.4, 0.5) is 0 Å². The summed E-state index contributed by atoms with van der Waals surface area (Å²) in [6.45, 7) is 3.51. The second-order valence-electron chi connectivity index (χ2n) is 3.47. The van der Waals surface area contributed by atoms with Gasteiger partial charge in [0.15, 0.2) is 5.78 Å². The van der Waals surface area contributed by atoms with Crippen molar-refractivity contribution in [1.29, 1.82) is 0 Å². The van der Waals surface area contributed by atoms with E-state index in [1.165, 1.54) is 13.3 Å². The van der Waals surface area contributed by atoms with Crippen molar-refractivity contribution in [3.8, 4) is 0 Å². The molecule has 92 valence electrons. The molecule has 0 heterocycles. The highest BCUT2D eigenvalue weighted by atomic mass is 16.5. The molecule has 0 N–H and O–H groups in total. The normalized spacial score (nSPS) is 13.2. The Morgan fingerprint density at radius 2 is 1.94 bits per heavy atom. The minimum Gasteiger partial charge on any atom is -0.462 e. The molecule has 0 rings (SSSR count). The zero-order valence-electron chi connectivity index (χ0n) is 10.4. The van der Waals surface area contributed by atoms with E-state index in [0.717, 1.165) is 0 Å². The predicted molar refractivity (Wildman–Crippen MR) is 59.9 cm³/mol. The molecule has 0 aliphatic heterocycles. The number of carbonyl (C=O) groups excluding carboxylic acids is 2. The van der Waals surface area contributed by atoms with Crippen LogP contribution in [0.2, 0.25) is 0 Å². The zero-order valence-corrected chi connectivity index (χ0v) is 10.4. The summed E-state index contributed by atoms with van der Waals surface area (Å²) in [6.07, 6.45) is 0.783. The summed E-state index contributed by atoms with van der Waals surface area (Å²) in [5.41, 5.74) is 0.00111. The first-order valence-corrected chi connectivity index (χ1v) is 5.06. The third kappa shape index (κ3) is 4.44. The van der Waals surface area contributed by atoms with Crippen LogP contribution in [0, 0.1) is 0 Å². The number of hydrogen-bond acceptors (Lipinski definition) is 5. The first-order valence-electron chi connectivity index (χ1n) is 5.06. The summed E-state index contributed by atoms with van der Waals surface area (Å²) in [5, 5.41) is 0. The van der Waals surface area contributed by atoms with Crippen molar-refractivity contribution < 1.29 is 19.1 Å².